The maximum Gasteiger partial charge on any atom is 0.193 e. The van der Waals surface area contributed by atoms with E-state index in [0.29, 0.717) is 0 Å². The van der Waals surface area contributed by atoms with Gasteiger partial charge in [0.25, 0.3) is 0 Å². The second kappa shape index (κ2) is 11.7. The topological polar surface area (TPSA) is 57.5 Å². The summed E-state index contributed by atoms with van der Waals surface area (Å²) in [5.74, 6) is 1.86. The molecule has 2 aromatic heterocycles. The molecule has 2 N–H and O–H groups in total. The van der Waals surface area contributed by atoms with E-state index in [1.54, 1.807) is 6.20 Å². The molecule has 138 valence electrons. The number of anilines is 1. The van der Waals surface area contributed by atoms with Crippen molar-refractivity contribution in [1.82, 2.24) is 19.8 Å². The molecule has 2 heterocycles. The van der Waals surface area contributed by atoms with E-state index in [1.165, 1.54) is 5.69 Å². The summed E-state index contributed by atoms with van der Waals surface area (Å²) in [6.07, 6.45) is 6.03. The number of pyridine rings is 1. The lowest BCUT2D eigenvalue weighted by molar-refractivity contribution is 0.460. The number of guanidine groups is 1. The minimum absolute atomic E-state index is 0. The molecule has 0 saturated carbocycles. The maximum absolute atomic E-state index is 4.36. The first kappa shape index (κ1) is 21.3. The van der Waals surface area contributed by atoms with Gasteiger partial charge >= 0.3 is 0 Å². The van der Waals surface area contributed by atoms with Crippen LogP contribution in [0.25, 0.3) is 0 Å². The van der Waals surface area contributed by atoms with Crippen LogP contribution in [-0.4, -0.2) is 47.6 Å². The summed E-state index contributed by atoms with van der Waals surface area (Å²) in [5.41, 5.74) is 1.26. The zero-order chi connectivity index (χ0) is 17.2. The summed E-state index contributed by atoms with van der Waals surface area (Å²) in [7, 11) is 5.95. The number of rotatable bonds is 8. The predicted octanol–water partition coefficient (Wildman–Crippen LogP) is 2.94. The van der Waals surface area contributed by atoms with Crippen molar-refractivity contribution in [2.24, 2.45) is 12.0 Å². The Morgan fingerprint density at radius 2 is 2.00 bits per heavy atom. The number of unbranched alkanes of at least 4 members (excludes halogenated alkanes) is 1. The SMILES string of the molecule is CN=C(NCCCCNc1ccccn1)N(C)Cc1cccn1C.I. The highest BCUT2D eigenvalue weighted by molar-refractivity contribution is 14.0. The first-order chi connectivity index (χ1) is 11.7. The average molecular weight is 456 g/mol. The molecule has 2 aromatic rings. The fourth-order valence-corrected chi connectivity index (χ4v) is 2.50. The Morgan fingerprint density at radius 3 is 2.64 bits per heavy atom. The van der Waals surface area contributed by atoms with E-state index in [9.17, 15) is 0 Å². The van der Waals surface area contributed by atoms with E-state index in [0.717, 1.165) is 44.3 Å². The molecule has 6 nitrogen and oxygen atoms in total. The number of hydrogen-bond acceptors (Lipinski definition) is 3. The third-order valence-electron chi connectivity index (χ3n) is 3.88. The second-order valence-electron chi connectivity index (χ2n) is 5.79. The van der Waals surface area contributed by atoms with Crippen molar-refractivity contribution in [2.45, 2.75) is 19.4 Å². The van der Waals surface area contributed by atoms with Crippen LogP contribution in [0, 0.1) is 0 Å². The van der Waals surface area contributed by atoms with Gasteiger partial charge in [0, 0.05) is 52.3 Å². The molecule has 0 aliphatic rings. The van der Waals surface area contributed by atoms with E-state index < -0.39 is 0 Å². The molecule has 0 aliphatic carbocycles. The lowest BCUT2D eigenvalue weighted by atomic mass is 10.3. The molecule has 0 fully saturated rings. The van der Waals surface area contributed by atoms with Gasteiger partial charge in [-0.2, -0.15) is 0 Å². The van der Waals surface area contributed by atoms with Gasteiger partial charge in [0.15, 0.2) is 5.96 Å². The largest absolute Gasteiger partial charge is 0.370 e. The smallest absolute Gasteiger partial charge is 0.193 e. The quantitative estimate of drug-likeness (QED) is 0.278. The number of aliphatic imine (C=N–C) groups is 1. The number of halogens is 1. The van der Waals surface area contributed by atoms with Gasteiger partial charge in [-0.1, -0.05) is 6.07 Å². The van der Waals surface area contributed by atoms with Crippen LogP contribution in [-0.2, 0) is 13.6 Å². The van der Waals surface area contributed by atoms with Crippen LogP contribution in [0.15, 0.2) is 47.7 Å². The highest BCUT2D eigenvalue weighted by Crippen LogP contribution is 2.04. The summed E-state index contributed by atoms with van der Waals surface area (Å²) >= 11 is 0. The Hall–Kier alpha value is -1.77. The van der Waals surface area contributed by atoms with Gasteiger partial charge in [-0.25, -0.2) is 4.98 Å². The van der Waals surface area contributed by atoms with Gasteiger partial charge in [-0.05, 0) is 37.1 Å². The molecular weight excluding hydrogens is 427 g/mol. The molecule has 0 bridgehead atoms. The molecule has 0 saturated heterocycles. The highest BCUT2D eigenvalue weighted by atomic mass is 127. The van der Waals surface area contributed by atoms with Gasteiger partial charge in [0.05, 0.1) is 6.54 Å². The summed E-state index contributed by atoms with van der Waals surface area (Å²) < 4.78 is 2.13. The molecule has 7 heteroatoms. The van der Waals surface area contributed by atoms with Gasteiger partial charge in [-0.15, -0.1) is 24.0 Å². The Kier molecular flexibility index (Phi) is 9.98. The van der Waals surface area contributed by atoms with Gasteiger partial charge in [0.2, 0.25) is 0 Å². The van der Waals surface area contributed by atoms with E-state index in [1.807, 2.05) is 25.2 Å². The van der Waals surface area contributed by atoms with Crippen LogP contribution >= 0.6 is 24.0 Å². The lowest BCUT2D eigenvalue weighted by Gasteiger charge is -2.22. The Morgan fingerprint density at radius 1 is 1.20 bits per heavy atom. The van der Waals surface area contributed by atoms with Gasteiger partial charge in [-0.3, -0.25) is 4.99 Å². The van der Waals surface area contributed by atoms with E-state index in [-0.39, 0.29) is 24.0 Å². The third kappa shape index (κ3) is 7.33. The van der Waals surface area contributed by atoms with Crippen molar-refractivity contribution in [3.05, 3.63) is 48.4 Å². The van der Waals surface area contributed by atoms with Crippen LogP contribution in [0.2, 0.25) is 0 Å². The molecule has 0 amide bonds. The number of nitrogens with zero attached hydrogens (tertiary/aromatic N) is 4. The second-order valence-corrected chi connectivity index (χ2v) is 5.79. The standard InChI is InChI=1S/C18H28N6.HI/c1-19-18(24(3)15-16-9-8-14-23(16)2)22-13-7-6-12-21-17-10-4-5-11-20-17;/h4-5,8-11,14H,6-7,12-13,15H2,1-3H3,(H,19,22)(H,20,21);1H. The van der Waals surface area contributed by atoms with E-state index in [4.69, 9.17) is 0 Å². The summed E-state index contributed by atoms with van der Waals surface area (Å²) in [5, 5.41) is 6.75. The first-order valence-corrected chi connectivity index (χ1v) is 8.37. The monoisotopic (exact) mass is 456 g/mol. The van der Waals surface area contributed by atoms with Gasteiger partial charge < -0.3 is 20.1 Å². The zero-order valence-corrected chi connectivity index (χ0v) is 17.6. The van der Waals surface area contributed by atoms with Crippen molar-refractivity contribution in [1.29, 1.82) is 0 Å². The average Bonchev–Trinajstić information content (AvgIpc) is 3.00. The fraction of sp³-hybridized carbons (Fsp3) is 0.444. The first-order valence-electron chi connectivity index (χ1n) is 8.37. The van der Waals surface area contributed by atoms with Crippen LogP contribution in [0.4, 0.5) is 5.82 Å². The van der Waals surface area contributed by atoms with Crippen LogP contribution in [0.1, 0.15) is 18.5 Å². The van der Waals surface area contributed by atoms with Crippen molar-refractivity contribution in [2.75, 3.05) is 32.5 Å². The maximum atomic E-state index is 4.36. The molecular formula is C18H29IN6. The van der Waals surface area contributed by atoms with Crippen LogP contribution < -0.4 is 10.6 Å². The summed E-state index contributed by atoms with van der Waals surface area (Å²) in [6, 6.07) is 10.1. The van der Waals surface area contributed by atoms with Crippen LogP contribution in [0.5, 0.6) is 0 Å². The predicted molar refractivity (Wildman–Crippen MR) is 116 cm³/mol. The summed E-state index contributed by atoms with van der Waals surface area (Å²) in [6.45, 7) is 2.68. The minimum atomic E-state index is 0. The number of nitrogens with one attached hydrogen (secondary N) is 2. The molecule has 25 heavy (non-hydrogen) atoms. The molecule has 0 atom stereocenters. The zero-order valence-electron chi connectivity index (χ0n) is 15.3. The molecule has 0 aliphatic heterocycles. The highest BCUT2D eigenvalue weighted by Gasteiger charge is 2.07. The number of hydrogen-bond donors (Lipinski definition) is 2. The lowest BCUT2D eigenvalue weighted by Crippen LogP contribution is -2.39. The van der Waals surface area contributed by atoms with Crippen molar-refractivity contribution in [3.63, 3.8) is 0 Å². The molecule has 0 aromatic carbocycles. The Bertz CT molecular complexity index is 626. The fourth-order valence-electron chi connectivity index (χ4n) is 2.50. The van der Waals surface area contributed by atoms with E-state index >= 15 is 0 Å². The van der Waals surface area contributed by atoms with Crippen molar-refractivity contribution in [3.8, 4) is 0 Å². The molecule has 0 unspecified atom stereocenters. The van der Waals surface area contributed by atoms with Crippen LogP contribution in [0.3, 0.4) is 0 Å². The molecule has 0 spiro atoms. The minimum Gasteiger partial charge on any atom is -0.370 e. The Balaban J connectivity index is 0.00000312. The van der Waals surface area contributed by atoms with Crippen molar-refractivity contribution < 1.29 is 0 Å². The number of aromatic nitrogens is 2. The molecule has 2 rings (SSSR count). The molecule has 0 radical (unpaired) electrons. The number of aryl methyl sites for hydroxylation is 1. The summed E-state index contributed by atoms with van der Waals surface area (Å²) in [4.78, 5) is 10.7. The van der Waals surface area contributed by atoms with Gasteiger partial charge in [0.1, 0.15) is 5.82 Å². The Labute approximate surface area is 167 Å². The normalized spacial score (nSPS) is 10.9. The van der Waals surface area contributed by atoms with E-state index in [2.05, 4.69) is 62.5 Å². The third-order valence-corrected chi connectivity index (χ3v) is 3.88. The van der Waals surface area contributed by atoms with Crippen molar-refractivity contribution >= 4 is 35.8 Å².